The highest BCUT2D eigenvalue weighted by molar-refractivity contribution is 7.92. The number of hydrazone groups is 1. The van der Waals surface area contributed by atoms with Gasteiger partial charge in [-0.25, -0.2) is 8.42 Å². The SMILES string of the molecule is COc1ccc(NS(=O)(=O)c2ccc(N/N=C(/C)c3ccc4c(c3)OCO4)c([N+](=O)[O-])c2)cc1. The fourth-order valence-corrected chi connectivity index (χ4v) is 4.21. The van der Waals surface area contributed by atoms with Gasteiger partial charge in [-0.3, -0.25) is 20.3 Å². The van der Waals surface area contributed by atoms with Gasteiger partial charge in [-0.15, -0.1) is 0 Å². The van der Waals surface area contributed by atoms with E-state index in [0.717, 1.165) is 11.6 Å². The number of sulfonamides is 1. The van der Waals surface area contributed by atoms with Gasteiger partial charge in [0.1, 0.15) is 11.4 Å². The molecule has 2 N–H and O–H groups in total. The largest absolute Gasteiger partial charge is 0.497 e. The average Bonchev–Trinajstić information content (AvgIpc) is 3.30. The molecule has 1 heterocycles. The molecule has 0 aliphatic carbocycles. The van der Waals surface area contributed by atoms with E-state index in [4.69, 9.17) is 14.2 Å². The Morgan fingerprint density at radius 2 is 1.79 bits per heavy atom. The van der Waals surface area contributed by atoms with E-state index in [1.165, 1.54) is 31.4 Å². The van der Waals surface area contributed by atoms with Crippen molar-refractivity contribution in [3.63, 3.8) is 0 Å². The quantitative estimate of drug-likeness (QED) is 0.278. The molecule has 34 heavy (non-hydrogen) atoms. The second-order valence-corrected chi connectivity index (χ2v) is 8.83. The van der Waals surface area contributed by atoms with Crippen molar-refractivity contribution in [2.75, 3.05) is 24.1 Å². The van der Waals surface area contributed by atoms with Crippen LogP contribution in [-0.4, -0.2) is 33.0 Å². The van der Waals surface area contributed by atoms with Crippen molar-refractivity contribution >= 4 is 32.8 Å². The van der Waals surface area contributed by atoms with Gasteiger partial charge in [0.2, 0.25) is 6.79 Å². The van der Waals surface area contributed by atoms with Gasteiger partial charge in [-0.05, 0) is 61.5 Å². The molecule has 0 unspecified atom stereocenters. The molecule has 0 aromatic heterocycles. The molecule has 12 heteroatoms. The zero-order valence-electron chi connectivity index (χ0n) is 18.1. The first kappa shape index (κ1) is 22.9. The number of rotatable bonds is 8. The van der Waals surface area contributed by atoms with Crippen molar-refractivity contribution in [2.45, 2.75) is 11.8 Å². The fourth-order valence-electron chi connectivity index (χ4n) is 3.13. The minimum atomic E-state index is -4.07. The predicted molar refractivity (Wildman–Crippen MR) is 125 cm³/mol. The average molecular weight is 484 g/mol. The molecule has 0 saturated heterocycles. The molecule has 0 fully saturated rings. The fraction of sp³-hybridized carbons (Fsp3) is 0.136. The van der Waals surface area contributed by atoms with Gasteiger partial charge in [-0.2, -0.15) is 5.10 Å². The summed E-state index contributed by atoms with van der Waals surface area (Å²) < 4.78 is 43.6. The highest BCUT2D eigenvalue weighted by Crippen LogP contribution is 2.33. The summed E-state index contributed by atoms with van der Waals surface area (Å²) in [6, 6.07) is 15.0. The number of fused-ring (bicyclic) bond motifs is 1. The van der Waals surface area contributed by atoms with Crippen LogP contribution in [0.4, 0.5) is 17.1 Å². The van der Waals surface area contributed by atoms with Crippen molar-refractivity contribution in [2.24, 2.45) is 5.10 Å². The highest BCUT2D eigenvalue weighted by Gasteiger charge is 2.22. The molecule has 1 aliphatic heterocycles. The van der Waals surface area contributed by atoms with Crippen LogP contribution in [0.3, 0.4) is 0 Å². The minimum absolute atomic E-state index is 0.0356. The number of anilines is 2. The molecular weight excluding hydrogens is 464 g/mol. The summed E-state index contributed by atoms with van der Waals surface area (Å²) in [5.74, 6) is 1.77. The first-order valence-electron chi connectivity index (χ1n) is 9.92. The predicted octanol–water partition coefficient (Wildman–Crippen LogP) is 3.97. The number of nitro benzene ring substituents is 1. The number of hydrogen-bond acceptors (Lipinski definition) is 9. The van der Waals surface area contributed by atoms with E-state index in [2.05, 4.69) is 15.2 Å². The summed E-state index contributed by atoms with van der Waals surface area (Å²) in [5, 5.41) is 15.8. The van der Waals surface area contributed by atoms with Crippen molar-refractivity contribution in [1.82, 2.24) is 0 Å². The summed E-state index contributed by atoms with van der Waals surface area (Å²) in [6.07, 6.45) is 0. The highest BCUT2D eigenvalue weighted by atomic mass is 32.2. The van der Waals surface area contributed by atoms with Gasteiger partial charge in [0.05, 0.1) is 22.6 Å². The molecule has 4 rings (SSSR count). The Morgan fingerprint density at radius 1 is 1.06 bits per heavy atom. The lowest BCUT2D eigenvalue weighted by Crippen LogP contribution is -2.13. The second kappa shape index (κ2) is 9.27. The number of methoxy groups -OCH3 is 1. The normalized spacial score (nSPS) is 12.8. The number of benzene rings is 3. The smallest absolute Gasteiger partial charge is 0.295 e. The molecule has 0 bridgehead atoms. The number of hydrogen-bond donors (Lipinski definition) is 2. The first-order chi connectivity index (χ1) is 16.3. The van der Waals surface area contributed by atoms with Gasteiger partial charge in [0, 0.05) is 17.3 Å². The molecule has 0 saturated carbocycles. The number of ether oxygens (including phenoxy) is 3. The van der Waals surface area contributed by atoms with Crippen LogP contribution in [0.25, 0.3) is 0 Å². The maximum atomic E-state index is 12.8. The second-order valence-electron chi connectivity index (χ2n) is 7.15. The van der Waals surface area contributed by atoms with Crippen LogP contribution in [0.15, 0.2) is 70.7 Å². The standard InChI is InChI=1S/C22H20N4O7S/c1-14(15-3-10-21-22(11-15)33-13-32-21)23-24-19-9-8-18(12-20(19)26(27)28)34(29,30)25-16-4-6-17(31-2)7-5-16/h3-12,24-25H,13H2,1-2H3/b23-14-. The molecular formula is C22H20N4O7S. The van der Waals surface area contributed by atoms with Crippen LogP contribution in [0.1, 0.15) is 12.5 Å². The Bertz CT molecular complexity index is 1370. The van der Waals surface area contributed by atoms with Gasteiger partial charge >= 0.3 is 0 Å². The van der Waals surface area contributed by atoms with E-state index in [-0.39, 0.29) is 23.1 Å². The van der Waals surface area contributed by atoms with E-state index >= 15 is 0 Å². The molecule has 0 amide bonds. The summed E-state index contributed by atoms with van der Waals surface area (Å²) in [6.45, 7) is 1.86. The van der Waals surface area contributed by atoms with Crippen LogP contribution < -0.4 is 24.4 Å². The van der Waals surface area contributed by atoms with E-state index in [1.54, 1.807) is 37.3 Å². The number of nitrogens with zero attached hydrogens (tertiary/aromatic N) is 2. The molecule has 176 valence electrons. The third-order valence-electron chi connectivity index (χ3n) is 4.95. The summed E-state index contributed by atoms with van der Waals surface area (Å²) in [4.78, 5) is 10.7. The molecule has 11 nitrogen and oxygen atoms in total. The third kappa shape index (κ3) is 4.86. The third-order valence-corrected chi connectivity index (χ3v) is 6.33. The van der Waals surface area contributed by atoms with Crippen LogP contribution in [-0.2, 0) is 10.0 Å². The molecule has 3 aromatic carbocycles. The zero-order valence-corrected chi connectivity index (χ0v) is 19.0. The van der Waals surface area contributed by atoms with Gasteiger partial charge in [0.25, 0.3) is 15.7 Å². The Balaban J connectivity index is 1.56. The Morgan fingerprint density at radius 3 is 2.50 bits per heavy atom. The Labute approximate surface area is 195 Å². The zero-order chi connectivity index (χ0) is 24.3. The maximum Gasteiger partial charge on any atom is 0.295 e. The monoisotopic (exact) mass is 484 g/mol. The minimum Gasteiger partial charge on any atom is -0.497 e. The van der Waals surface area contributed by atoms with Crippen LogP contribution in [0.5, 0.6) is 17.2 Å². The van der Waals surface area contributed by atoms with E-state index in [1.807, 2.05) is 0 Å². The van der Waals surface area contributed by atoms with Crippen molar-refractivity contribution in [1.29, 1.82) is 0 Å². The van der Waals surface area contributed by atoms with Gasteiger partial charge < -0.3 is 14.2 Å². The molecule has 0 radical (unpaired) electrons. The topological polar surface area (TPSA) is 141 Å². The summed E-state index contributed by atoms with van der Waals surface area (Å²) in [7, 11) is -2.58. The van der Waals surface area contributed by atoms with Crippen LogP contribution in [0.2, 0.25) is 0 Å². The van der Waals surface area contributed by atoms with Crippen LogP contribution >= 0.6 is 0 Å². The molecule has 1 aliphatic rings. The van der Waals surface area contributed by atoms with Crippen molar-refractivity contribution in [3.05, 3.63) is 76.3 Å². The molecule has 3 aromatic rings. The van der Waals surface area contributed by atoms with Gasteiger partial charge in [0.15, 0.2) is 11.5 Å². The lowest BCUT2D eigenvalue weighted by Gasteiger charge is -2.10. The van der Waals surface area contributed by atoms with Crippen molar-refractivity contribution < 1.29 is 27.6 Å². The lowest BCUT2D eigenvalue weighted by atomic mass is 10.1. The summed E-state index contributed by atoms with van der Waals surface area (Å²) in [5.41, 5.74) is 3.78. The number of nitro groups is 1. The van der Waals surface area contributed by atoms with Crippen LogP contribution in [0, 0.1) is 10.1 Å². The maximum absolute atomic E-state index is 12.8. The Kier molecular flexibility index (Phi) is 6.23. The molecule has 0 spiro atoms. The first-order valence-corrected chi connectivity index (χ1v) is 11.4. The Hall–Kier alpha value is -4.32. The van der Waals surface area contributed by atoms with E-state index < -0.39 is 20.6 Å². The lowest BCUT2D eigenvalue weighted by molar-refractivity contribution is -0.384. The number of nitrogens with one attached hydrogen (secondary N) is 2. The van der Waals surface area contributed by atoms with Crippen molar-refractivity contribution in [3.8, 4) is 17.2 Å². The van der Waals surface area contributed by atoms with Gasteiger partial charge in [-0.1, -0.05) is 0 Å². The van der Waals surface area contributed by atoms with E-state index in [0.29, 0.717) is 23.0 Å². The summed E-state index contributed by atoms with van der Waals surface area (Å²) >= 11 is 0. The van der Waals surface area contributed by atoms with E-state index in [9.17, 15) is 18.5 Å². The molecule has 0 atom stereocenters.